The van der Waals surface area contributed by atoms with E-state index in [4.69, 9.17) is 0 Å². The molecule has 0 saturated heterocycles. The second kappa shape index (κ2) is 2.73. The van der Waals surface area contributed by atoms with Gasteiger partial charge in [-0.05, 0) is 0 Å². The SMILES string of the molecule is O=C=NS(=O)(=O)O[SiH3]. The fourth-order valence-electron chi connectivity index (χ4n) is 0.0829. The van der Waals surface area contributed by atoms with Gasteiger partial charge in [-0.25, -0.2) is 4.79 Å². The van der Waals surface area contributed by atoms with E-state index in [2.05, 4.69) is 8.27 Å². The zero-order valence-electron chi connectivity index (χ0n) is 3.99. The Balaban J connectivity index is 4.41. The second-order valence-corrected chi connectivity index (χ2v) is 3.15. The molecule has 0 atom stereocenters. The molecule has 0 aromatic carbocycles. The molecule has 0 aromatic heterocycles. The molecule has 0 aromatic rings. The molecule has 8 heavy (non-hydrogen) atoms. The minimum Gasteiger partial charge on any atom is -0.309 e. The average Bonchev–Trinajstić information content (AvgIpc) is 1.67. The summed E-state index contributed by atoms with van der Waals surface area (Å²) in [5.74, 6) is 0. The lowest BCUT2D eigenvalue weighted by Crippen LogP contribution is -1.96. The lowest BCUT2D eigenvalue weighted by molar-refractivity contribution is 0.508. The van der Waals surface area contributed by atoms with E-state index in [1.807, 2.05) is 0 Å². The fourth-order valence-corrected chi connectivity index (χ4v) is 0.472. The number of nitrogens with zero attached hydrogens (tertiary/aromatic N) is 1. The van der Waals surface area contributed by atoms with Crippen LogP contribution in [0.15, 0.2) is 4.40 Å². The summed E-state index contributed by atoms with van der Waals surface area (Å²) < 4.78 is 26.2. The summed E-state index contributed by atoms with van der Waals surface area (Å²) >= 11 is 0. The Labute approximate surface area is 49.2 Å². The van der Waals surface area contributed by atoms with Crippen molar-refractivity contribution in [3.63, 3.8) is 0 Å². The summed E-state index contributed by atoms with van der Waals surface area (Å²) in [6, 6.07) is 0. The van der Waals surface area contributed by atoms with Crippen molar-refractivity contribution in [1.82, 2.24) is 0 Å². The standard InChI is InChI=1S/CH3NO4SSi/c3-1-2-7(4,5)6-8/h8H3. The number of hydrogen-bond donors (Lipinski definition) is 0. The Morgan fingerprint density at radius 2 is 2.12 bits per heavy atom. The van der Waals surface area contributed by atoms with Crippen LogP contribution < -0.4 is 0 Å². The van der Waals surface area contributed by atoms with Crippen LogP contribution in [0.4, 0.5) is 0 Å². The van der Waals surface area contributed by atoms with Crippen LogP contribution in [0.2, 0.25) is 0 Å². The average molecular weight is 153 g/mol. The van der Waals surface area contributed by atoms with Gasteiger partial charge < -0.3 is 3.87 Å². The van der Waals surface area contributed by atoms with Crippen molar-refractivity contribution in [3.8, 4) is 0 Å². The molecule has 0 bridgehead atoms. The molecule has 0 amide bonds. The zero-order valence-corrected chi connectivity index (χ0v) is 6.80. The van der Waals surface area contributed by atoms with Crippen LogP contribution in [0.5, 0.6) is 0 Å². The number of rotatable bonds is 2. The van der Waals surface area contributed by atoms with Gasteiger partial charge in [-0.1, -0.05) is 4.40 Å². The molecule has 0 fully saturated rings. The first-order chi connectivity index (χ1) is 3.62. The highest BCUT2D eigenvalue weighted by Crippen LogP contribution is 1.85. The van der Waals surface area contributed by atoms with Crippen molar-refractivity contribution in [2.45, 2.75) is 0 Å². The summed E-state index contributed by atoms with van der Waals surface area (Å²) in [6.45, 7) is 0. The number of carbonyl (C=O) groups excluding carboxylic acids is 1. The van der Waals surface area contributed by atoms with Gasteiger partial charge in [0.25, 0.3) is 6.08 Å². The van der Waals surface area contributed by atoms with E-state index in [9.17, 15) is 13.2 Å². The predicted molar refractivity (Wildman–Crippen MR) is 28.1 cm³/mol. The van der Waals surface area contributed by atoms with Gasteiger partial charge in [0, 0.05) is 0 Å². The first kappa shape index (κ1) is 7.51. The van der Waals surface area contributed by atoms with E-state index in [0.29, 0.717) is 0 Å². The number of isocyanates is 1. The molecule has 0 spiro atoms. The Hall–Kier alpha value is -0.493. The Bertz CT molecular complexity index is 200. The van der Waals surface area contributed by atoms with Gasteiger partial charge in [0.05, 0.1) is 0 Å². The third-order valence-corrected chi connectivity index (χ3v) is 2.34. The van der Waals surface area contributed by atoms with Gasteiger partial charge in [0.2, 0.25) is 0 Å². The van der Waals surface area contributed by atoms with Crippen molar-refractivity contribution in [3.05, 3.63) is 0 Å². The van der Waals surface area contributed by atoms with Crippen LogP contribution >= 0.6 is 0 Å². The van der Waals surface area contributed by atoms with Crippen molar-refractivity contribution in [2.75, 3.05) is 0 Å². The zero-order chi connectivity index (χ0) is 6.62. The highest BCUT2D eigenvalue weighted by atomic mass is 32.2. The van der Waals surface area contributed by atoms with Crippen LogP contribution in [0.1, 0.15) is 0 Å². The van der Waals surface area contributed by atoms with Crippen LogP contribution in [0.3, 0.4) is 0 Å². The molecule has 46 valence electrons. The molecule has 0 rings (SSSR count). The van der Waals surface area contributed by atoms with E-state index < -0.39 is 10.3 Å². The maximum atomic E-state index is 9.98. The lowest BCUT2D eigenvalue weighted by Gasteiger charge is -1.84. The molecule has 0 radical (unpaired) electrons. The van der Waals surface area contributed by atoms with E-state index >= 15 is 0 Å². The normalized spacial score (nSPS) is 10.5. The van der Waals surface area contributed by atoms with Crippen LogP contribution in [0.25, 0.3) is 0 Å². The van der Waals surface area contributed by atoms with Gasteiger partial charge >= 0.3 is 10.3 Å². The van der Waals surface area contributed by atoms with Crippen molar-refractivity contribution in [1.29, 1.82) is 0 Å². The molecular formula is CH3NO4SSi. The van der Waals surface area contributed by atoms with Crippen LogP contribution in [-0.2, 0) is 19.0 Å². The topological polar surface area (TPSA) is 72.8 Å². The number of hydrogen-bond acceptors (Lipinski definition) is 4. The van der Waals surface area contributed by atoms with Crippen molar-refractivity contribution >= 4 is 26.9 Å². The Morgan fingerprint density at radius 3 is 2.25 bits per heavy atom. The summed E-state index contributed by atoms with van der Waals surface area (Å²) in [4.78, 5) is 9.24. The van der Waals surface area contributed by atoms with Gasteiger partial charge in [-0.3, -0.25) is 0 Å². The summed E-state index contributed by atoms with van der Waals surface area (Å²) in [7, 11) is -3.91. The van der Waals surface area contributed by atoms with E-state index in [0.717, 1.165) is 6.08 Å². The molecule has 0 saturated carbocycles. The minimum absolute atomic E-state index is 0.000988. The third-order valence-electron chi connectivity index (χ3n) is 0.360. The molecule has 0 unspecified atom stereocenters. The molecule has 7 heteroatoms. The summed E-state index contributed by atoms with van der Waals surface area (Å²) in [5, 5.41) is 0. The van der Waals surface area contributed by atoms with E-state index in [1.165, 1.54) is 0 Å². The summed E-state index contributed by atoms with van der Waals surface area (Å²) in [5.41, 5.74) is 0. The first-order valence-electron chi connectivity index (χ1n) is 1.52. The van der Waals surface area contributed by atoms with Gasteiger partial charge in [-0.2, -0.15) is 8.42 Å². The first-order valence-corrected chi connectivity index (χ1v) is 3.70. The van der Waals surface area contributed by atoms with Gasteiger partial charge in [0.1, 0.15) is 0 Å². The molecule has 0 aliphatic heterocycles. The lowest BCUT2D eigenvalue weighted by atomic mass is 11.7. The minimum atomic E-state index is -3.91. The maximum absolute atomic E-state index is 9.98. The largest absolute Gasteiger partial charge is 0.380 e. The molecular weight excluding hydrogens is 150 g/mol. The van der Waals surface area contributed by atoms with Crippen LogP contribution in [0, 0.1) is 0 Å². The monoisotopic (exact) mass is 153 g/mol. The molecule has 5 nitrogen and oxygen atoms in total. The van der Waals surface area contributed by atoms with Gasteiger partial charge in [0.15, 0.2) is 10.5 Å². The Morgan fingerprint density at radius 1 is 1.62 bits per heavy atom. The summed E-state index contributed by atoms with van der Waals surface area (Å²) in [6.07, 6.45) is 0.843. The van der Waals surface area contributed by atoms with Gasteiger partial charge in [-0.15, -0.1) is 0 Å². The maximum Gasteiger partial charge on any atom is 0.380 e. The van der Waals surface area contributed by atoms with E-state index in [-0.39, 0.29) is 10.5 Å². The highest BCUT2D eigenvalue weighted by Gasteiger charge is 2.00. The third kappa shape index (κ3) is 2.64. The second-order valence-electron chi connectivity index (χ2n) is 0.777. The Kier molecular flexibility index (Phi) is 2.56. The molecule has 0 N–H and O–H groups in total. The molecule has 0 aliphatic carbocycles. The highest BCUT2D eigenvalue weighted by molar-refractivity contribution is 7.86. The van der Waals surface area contributed by atoms with Crippen molar-refractivity contribution in [2.24, 2.45) is 4.40 Å². The molecule has 0 heterocycles. The fraction of sp³-hybridized carbons (Fsp3) is 0. The van der Waals surface area contributed by atoms with Crippen LogP contribution in [-0.4, -0.2) is 25.0 Å². The quantitative estimate of drug-likeness (QED) is 0.258. The van der Waals surface area contributed by atoms with Crippen molar-refractivity contribution < 1.29 is 17.1 Å². The smallest absolute Gasteiger partial charge is 0.309 e. The predicted octanol–water partition coefficient (Wildman–Crippen LogP) is -2.14. The molecule has 0 aliphatic rings. The van der Waals surface area contributed by atoms with E-state index in [1.54, 1.807) is 0 Å².